The number of carboxylic acid groups (broad SMARTS) is 1. The van der Waals surface area contributed by atoms with Gasteiger partial charge < -0.3 is 30.2 Å². The van der Waals surface area contributed by atoms with Gasteiger partial charge in [0.15, 0.2) is 11.5 Å². The van der Waals surface area contributed by atoms with E-state index in [4.69, 9.17) is 25.1 Å². The lowest BCUT2D eigenvalue weighted by atomic mass is 9.83. The van der Waals surface area contributed by atoms with E-state index < -0.39 is 11.9 Å². The summed E-state index contributed by atoms with van der Waals surface area (Å²) in [5.41, 5.74) is 8.65. The SMILES string of the molecule is CCOc1cc([C@@H]2C(C#N)=C(N)Oc3cc(O)ccc32)c(Br)cc1OCc1ccc(C(=O)O)cc1. The number of benzene rings is 3. The number of halogens is 1. The van der Waals surface area contributed by atoms with E-state index in [1.165, 1.54) is 24.3 Å². The highest BCUT2D eigenvalue weighted by atomic mass is 79.9. The molecular formula is C26H21BrN2O6. The van der Waals surface area contributed by atoms with Crippen LogP contribution in [-0.4, -0.2) is 22.8 Å². The molecule has 0 bridgehead atoms. The minimum atomic E-state index is -0.994. The van der Waals surface area contributed by atoms with Crippen LogP contribution in [0.25, 0.3) is 0 Å². The number of nitrogens with zero attached hydrogens (tertiary/aromatic N) is 1. The number of phenolic OH excluding ortho intramolecular Hbond substituents is 1. The first-order chi connectivity index (χ1) is 16.8. The van der Waals surface area contributed by atoms with Crippen LogP contribution in [0.2, 0.25) is 0 Å². The number of carboxylic acids is 1. The fourth-order valence-corrected chi connectivity index (χ4v) is 4.37. The van der Waals surface area contributed by atoms with Crippen molar-refractivity contribution in [2.75, 3.05) is 6.61 Å². The van der Waals surface area contributed by atoms with E-state index in [9.17, 15) is 15.2 Å². The molecule has 1 aliphatic heterocycles. The zero-order valence-corrected chi connectivity index (χ0v) is 20.2. The Morgan fingerprint density at radius 3 is 2.49 bits per heavy atom. The van der Waals surface area contributed by atoms with Gasteiger partial charge in [0, 0.05) is 16.1 Å². The van der Waals surface area contributed by atoms with E-state index in [1.807, 2.05) is 6.92 Å². The molecule has 3 aromatic carbocycles. The van der Waals surface area contributed by atoms with Crippen LogP contribution in [0.4, 0.5) is 0 Å². The Labute approximate surface area is 209 Å². The van der Waals surface area contributed by atoms with Crippen LogP contribution in [-0.2, 0) is 6.61 Å². The van der Waals surface area contributed by atoms with Gasteiger partial charge in [0.25, 0.3) is 0 Å². The summed E-state index contributed by atoms with van der Waals surface area (Å²) in [7, 11) is 0. The van der Waals surface area contributed by atoms with Gasteiger partial charge in [0.1, 0.15) is 29.7 Å². The molecule has 4 N–H and O–H groups in total. The summed E-state index contributed by atoms with van der Waals surface area (Å²) < 4.78 is 18.1. The number of ether oxygens (including phenoxy) is 3. The number of hydrogen-bond acceptors (Lipinski definition) is 7. The average Bonchev–Trinajstić information content (AvgIpc) is 2.83. The maximum absolute atomic E-state index is 11.1. The number of phenols is 1. The van der Waals surface area contributed by atoms with E-state index in [-0.39, 0.29) is 29.4 Å². The molecule has 0 saturated carbocycles. The van der Waals surface area contributed by atoms with Gasteiger partial charge in [0.2, 0.25) is 5.88 Å². The van der Waals surface area contributed by atoms with Gasteiger partial charge in [-0.1, -0.05) is 34.1 Å². The van der Waals surface area contributed by atoms with E-state index in [0.717, 1.165) is 5.56 Å². The minimum absolute atomic E-state index is 0.0184. The predicted molar refractivity (Wildman–Crippen MR) is 130 cm³/mol. The van der Waals surface area contributed by atoms with Crippen LogP contribution in [0, 0.1) is 11.3 Å². The highest BCUT2D eigenvalue weighted by Crippen LogP contribution is 2.47. The number of carbonyl (C=O) groups is 1. The molecule has 0 saturated heterocycles. The van der Waals surface area contributed by atoms with Crippen LogP contribution in [0.1, 0.15) is 39.9 Å². The van der Waals surface area contributed by atoms with Gasteiger partial charge in [-0.3, -0.25) is 0 Å². The molecule has 0 radical (unpaired) electrons. The molecule has 4 rings (SSSR count). The van der Waals surface area contributed by atoms with Crippen molar-refractivity contribution in [2.24, 2.45) is 5.73 Å². The average molecular weight is 537 g/mol. The van der Waals surface area contributed by atoms with Crippen molar-refractivity contribution in [3.8, 4) is 29.1 Å². The van der Waals surface area contributed by atoms with E-state index >= 15 is 0 Å². The third-order valence-corrected chi connectivity index (χ3v) is 6.16. The fraction of sp³-hybridized carbons (Fsp3) is 0.154. The molecule has 0 unspecified atom stereocenters. The highest BCUT2D eigenvalue weighted by Gasteiger charge is 2.33. The van der Waals surface area contributed by atoms with Gasteiger partial charge >= 0.3 is 5.97 Å². The topological polar surface area (TPSA) is 135 Å². The van der Waals surface area contributed by atoms with Crippen LogP contribution < -0.4 is 19.9 Å². The number of nitrogens with two attached hydrogens (primary N) is 1. The van der Waals surface area contributed by atoms with Crippen LogP contribution in [0.15, 0.2) is 70.5 Å². The number of rotatable bonds is 7. The minimum Gasteiger partial charge on any atom is -0.508 e. The van der Waals surface area contributed by atoms with Gasteiger partial charge in [-0.2, -0.15) is 5.26 Å². The van der Waals surface area contributed by atoms with Crippen molar-refractivity contribution in [1.82, 2.24) is 0 Å². The Bertz CT molecular complexity index is 1360. The smallest absolute Gasteiger partial charge is 0.335 e. The van der Waals surface area contributed by atoms with Crippen molar-refractivity contribution in [1.29, 1.82) is 5.26 Å². The quantitative estimate of drug-likeness (QED) is 0.381. The van der Waals surface area contributed by atoms with Crippen LogP contribution in [0.3, 0.4) is 0 Å². The van der Waals surface area contributed by atoms with E-state index in [0.29, 0.717) is 39.5 Å². The van der Waals surface area contributed by atoms with Crippen molar-refractivity contribution in [3.63, 3.8) is 0 Å². The number of hydrogen-bond donors (Lipinski definition) is 3. The normalized spacial score (nSPS) is 14.5. The summed E-state index contributed by atoms with van der Waals surface area (Å²) in [5.74, 6) is -0.270. The number of aromatic carboxylic acids is 1. The summed E-state index contributed by atoms with van der Waals surface area (Å²) in [6.07, 6.45) is 0. The molecule has 0 fully saturated rings. The summed E-state index contributed by atoms with van der Waals surface area (Å²) in [6.45, 7) is 2.43. The second-order valence-corrected chi connectivity index (χ2v) is 8.55. The largest absolute Gasteiger partial charge is 0.508 e. The summed E-state index contributed by atoms with van der Waals surface area (Å²) in [6, 6.07) is 16.8. The highest BCUT2D eigenvalue weighted by molar-refractivity contribution is 9.10. The lowest BCUT2D eigenvalue weighted by Crippen LogP contribution is -2.21. The predicted octanol–water partition coefficient (Wildman–Crippen LogP) is 5.05. The number of nitriles is 1. The zero-order valence-electron chi connectivity index (χ0n) is 18.6. The Hall–Kier alpha value is -4.16. The lowest BCUT2D eigenvalue weighted by Gasteiger charge is -2.28. The molecule has 8 nitrogen and oxygen atoms in total. The van der Waals surface area contributed by atoms with Crippen molar-refractivity contribution in [2.45, 2.75) is 19.4 Å². The molecule has 35 heavy (non-hydrogen) atoms. The first-order valence-corrected chi connectivity index (χ1v) is 11.4. The molecule has 1 aliphatic rings. The first kappa shape index (κ1) is 24.0. The van der Waals surface area contributed by atoms with Gasteiger partial charge in [-0.05, 0) is 48.4 Å². The van der Waals surface area contributed by atoms with Crippen molar-refractivity contribution in [3.05, 3.63) is 92.8 Å². The lowest BCUT2D eigenvalue weighted by molar-refractivity contribution is 0.0697. The third kappa shape index (κ3) is 4.88. The van der Waals surface area contributed by atoms with E-state index in [2.05, 4.69) is 22.0 Å². The number of aromatic hydroxyl groups is 1. The second kappa shape index (κ2) is 9.99. The van der Waals surface area contributed by atoms with Crippen molar-refractivity contribution < 1.29 is 29.2 Å². The maximum Gasteiger partial charge on any atom is 0.335 e. The number of fused-ring (bicyclic) bond motifs is 1. The molecule has 0 aromatic heterocycles. The molecular weight excluding hydrogens is 516 g/mol. The first-order valence-electron chi connectivity index (χ1n) is 10.6. The molecule has 178 valence electrons. The van der Waals surface area contributed by atoms with Gasteiger partial charge in [-0.15, -0.1) is 0 Å². The summed E-state index contributed by atoms with van der Waals surface area (Å²) >= 11 is 3.60. The molecule has 1 atom stereocenters. The van der Waals surface area contributed by atoms with Crippen LogP contribution in [0.5, 0.6) is 23.0 Å². The third-order valence-electron chi connectivity index (χ3n) is 5.47. The Kier molecular flexibility index (Phi) is 6.85. The van der Waals surface area contributed by atoms with Gasteiger partial charge in [0.05, 0.1) is 18.1 Å². The second-order valence-electron chi connectivity index (χ2n) is 7.69. The summed E-state index contributed by atoms with van der Waals surface area (Å²) in [5, 5.41) is 28.8. The Morgan fingerprint density at radius 2 is 1.83 bits per heavy atom. The van der Waals surface area contributed by atoms with Crippen LogP contribution >= 0.6 is 15.9 Å². The summed E-state index contributed by atoms with van der Waals surface area (Å²) in [4.78, 5) is 11.1. The molecule has 9 heteroatoms. The monoisotopic (exact) mass is 536 g/mol. The molecule has 0 aliphatic carbocycles. The van der Waals surface area contributed by atoms with E-state index in [1.54, 1.807) is 30.3 Å². The van der Waals surface area contributed by atoms with Gasteiger partial charge in [-0.25, -0.2) is 4.79 Å². The molecule has 0 spiro atoms. The Balaban J connectivity index is 1.71. The Morgan fingerprint density at radius 1 is 1.11 bits per heavy atom. The molecule has 1 heterocycles. The molecule has 3 aromatic rings. The maximum atomic E-state index is 11.1. The van der Waals surface area contributed by atoms with Crippen molar-refractivity contribution >= 4 is 21.9 Å². The fourth-order valence-electron chi connectivity index (χ4n) is 3.82. The molecule has 0 amide bonds. The zero-order chi connectivity index (χ0) is 25.1. The standard InChI is InChI=1S/C26H21BrN2O6/c1-2-33-22-10-18(24-17-8-7-16(30)9-21(17)35-25(29)19(24)12-28)20(27)11-23(22)34-13-14-3-5-15(6-4-14)26(31)32/h3-11,24,30H,2,13,29H2,1H3,(H,31,32)/t24-/m1/s1. The number of allylic oxidation sites excluding steroid dienone is 1.